The fourth-order valence-electron chi connectivity index (χ4n) is 0.683. The molecule has 1 heterocycles. The molecule has 1 aromatic heterocycles. The summed E-state index contributed by atoms with van der Waals surface area (Å²) < 4.78 is 5.15. The fraction of sp³-hybridized carbons (Fsp3) is 0.286. The fourth-order valence-corrected chi connectivity index (χ4v) is 0.683. The van der Waals surface area contributed by atoms with E-state index in [9.17, 15) is 0 Å². The van der Waals surface area contributed by atoms with E-state index in [4.69, 9.17) is 4.42 Å². The van der Waals surface area contributed by atoms with Gasteiger partial charge in [-0.05, 0) is 32.4 Å². The molecule has 0 amide bonds. The van der Waals surface area contributed by atoms with Crippen molar-refractivity contribution in [3.05, 3.63) is 30.1 Å². The molecule has 1 aromatic rings. The van der Waals surface area contributed by atoms with E-state index < -0.39 is 0 Å². The van der Waals surface area contributed by atoms with E-state index in [1.807, 2.05) is 19.9 Å². The van der Waals surface area contributed by atoms with Gasteiger partial charge in [-0.2, -0.15) is 0 Å². The van der Waals surface area contributed by atoms with Crippen LogP contribution < -0.4 is 0 Å². The molecule has 1 radical (unpaired) electrons. The zero-order chi connectivity index (χ0) is 6.15. The summed E-state index contributed by atoms with van der Waals surface area (Å²) in [5.74, 6) is 1.86. The van der Waals surface area contributed by atoms with Gasteiger partial charge in [0.2, 0.25) is 0 Å². The van der Waals surface area contributed by atoms with E-state index in [-0.39, 0.29) is 0 Å². The molecule has 0 unspecified atom stereocenters. The van der Waals surface area contributed by atoms with Crippen LogP contribution in [0.5, 0.6) is 0 Å². The van der Waals surface area contributed by atoms with Crippen molar-refractivity contribution in [2.24, 2.45) is 0 Å². The molecule has 0 aromatic carbocycles. The summed E-state index contributed by atoms with van der Waals surface area (Å²) in [6.45, 7) is 7.58. The third-order valence-electron chi connectivity index (χ3n) is 1.14. The van der Waals surface area contributed by atoms with Crippen LogP contribution in [0.1, 0.15) is 17.1 Å². The zero-order valence-electron chi connectivity index (χ0n) is 5.19. The predicted octanol–water partition coefficient (Wildman–Crippen LogP) is 2.08. The lowest BCUT2D eigenvalue weighted by Crippen LogP contribution is -1.63. The molecule has 0 saturated heterocycles. The van der Waals surface area contributed by atoms with E-state index in [0.717, 1.165) is 17.1 Å². The van der Waals surface area contributed by atoms with E-state index in [2.05, 4.69) is 6.92 Å². The Bertz CT molecular complexity index is 167. The predicted molar refractivity (Wildman–Crippen MR) is 32.6 cm³/mol. The van der Waals surface area contributed by atoms with Crippen LogP contribution in [0.3, 0.4) is 0 Å². The third kappa shape index (κ3) is 0.760. The lowest BCUT2D eigenvalue weighted by atomic mass is 10.3. The standard InChI is InChI=1S/C7H9O/c1-5-4-6(2)8-7(5)3/h4H,1H2,2-3H3. The molecule has 1 rings (SSSR count). The number of hydrogen-bond acceptors (Lipinski definition) is 1. The van der Waals surface area contributed by atoms with E-state index >= 15 is 0 Å². The minimum absolute atomic E-state index is 0.919. The number of rotatable bonds is 0. The SMILES string of the molecule is [CH2]c1cc(C)oc1C. The Labute approximate surface area is 49.3 Å². The van der Waals surface area contributed by atoms with Crippen molar-refractivity contribution in [1.29, 1.82) is 0 Å². The van der Waals surface area contributed by atoms with Gasteiger partial charge in [0.15, 0.2) is 0 Å². The highest BCUT2D eigenvalue weighted by atomic mass is 16.3. The minimum atomic E-state index is 0.919. The van der Waals surface area contributed by atoms with Crippen molar-refractivity contribution in [1.82, 2.24) is 0 Å². The molecular formula is C7H9O. The highest BCUT2D eigenvalue weighted by Gasteiger charge is 1.95. The quantitative estimate of drug-likeness (QED) is 0.497. The van der Waals surface area contributed by atoms with Gasteiger partial charge in [-0.1, -0.05) is 0 Å². The molecule has 0 aliphatic carbocycles. The van der Waals surface area contributed by atoms with Gasteiger partial charge in [-0.3, -0.25) is 0 Å². The second-order valence-electron chi connectivity index (χ2n) is 1.94. The summed E-state index contributed by atoms with van der Waals surface area (Å²) in [6, 6.07) is 1.93. The maximum Gasteiger partial charge on any atom is 0.104 e. The monoisotopic (exact) mass is 109 g/mol. The zero-order valence-corrected chi connectivity index (χ0v) is 5.19. The second kappa shape index (κ2) is 1.66. The Morgan fingerprint density at radius 1 is 1.50 bits per heavy atom. The third-order valence-corrected chi connectivity index (χ3v) is 1.14. The van der Waals surface area contributed by atoms with Crippen LogP contribution >= 0.6 is 0 Å². The van der Waals surface area contributed by atoms with E-state index in [1.165, 1.54) is 0 Å². The lowest BCUT2D eigenvalue weighted by molar-refractivity contribution is 0.503. The average molecular weight is 109 g/mol. The summed E-state index contributed by atoms with van der Waals surface area (Å²) in [5, 5.41) is 0. The molecule has 0 fully saturated rings. The van der Waals surface area contributed by atoms with Gasteiger partial charge in [0.05, 0.1) is 0 Å². The molecule has 0 bridgehead atoms. The van der Waals surface area contributed by atoms with Gasteiger partial charge in [-0.15, -0.1) is 0 Å². The average Bonchev–Trinajstić information content (AvgIpc) is 1.85. The Hall–Kier alpha value is -0.720. The van der Waals surface area contributed by atoms with Gasteiger partial charge < -0.3 is 4.42 Å². The maximum absolute atomic E-state index is 5.15. The van der Waals surface area contributed by atoms with E-state index in [1.54, 1.807) is 0 Å². The van der Waals surface area contributed by atoms with Crippen LogP contribution in [0.15, 0.2) is 10.5 Å². The van der Waals surface area contributed by atoms with Crippen molar-refractivity contribution in [2.45, 2.75) is 13.8 Å². The highest BCUT2D eigenvalue weighted by Crippen LogP contribution is 2.10. The molecular weight excluding hydrogens is 100 g/mol. The normalized spacial score (nSPS) is 9.88. The molecule has 0 saturated carbocycles. The Morgan fingerprint density at radius 2 is 2.12 bits per heavy atom. The summed E-state index contributed by atoms with van der Waals surface area (Å²) >= 11 is 0. The van der Waals surface area contributed by atoms with Crippen molar-refractivity contribution >= 4 is 0 Å². The van der Waals surface area contributed by atoms with Gasteiger partial charge >= 0.3 is 0 Å². The van der Waals surface area contributed by atoms with Crippen molar-refractivity contribution < 1.29 is 4.42 Å². The van der Waals surface area contributed by atoms with Crippen LogP contribution in [0.2, 0.25) is 0 Å². The van der Waals surface area contributed by atoms with Crippen molar-refractivity contribution in [3.63, 3.8) is 0 Å². The van der Waals surface area contributed by atoms with Crippen LogP contribution in [-0.4, -0.2) is 0 Å². The largest absolute Gasteiger partial charge is 0.466 e. The first-order valence-electron chi connectivity index (χ1n) is 2.59. The molecule has 0 N–H and O–H groups in total. The van der Waals surface area contributed by atoms with Gasteiger partial charge in [-0.25, -0.2) is 0 Å². The molecule has 43 valence electrons. The summed E-state index contributed by atoms with van der Waals surface area (Å²) in [7, 11) is 0. The summed E-state index contributed by atoms with van der Waals surface area (Å²) in [4.78, 5) is 0. The molecule has 0 aliphatic heterocycles. The maximum atomic E-state index is 5.15. The molecule has 0 atom stereocenters. The molecule has 8 heavy (non-hydrogen) atoms. The highest BCUT2D eigenvalue weighted by molar-refractivity contribution is 5.22. The summed E-state index contributed by atoms with van der Waals surface area (Å²) in [6.07, 6.45) is 0. The van der Waals surface area contributed by atoms with Crippen LogP contribution in [0.25, 0.3) is 0 Å². The first kappa shape index (κ1) is 5.42. The first-order chi connectivity index (χ1) is 3.70. The number of hydrogen-bond donors (Lipinski definition) is 0. The minimum Gasteiger partial charge on any atom is -0.466 e. The van der Waals surface area contributed by atoms with Gasteiger partial charge in [0, 0.05) is 0 Å². The molecule has 0 aliphatic rings. The summed E-state index contributed by atoms with van der Waals surface area (Å²) in [5.41, 5.74) is 0.988. The van der Waals surface area contributed by atoms with Crippen molar-refractivity contribution in [3.8, 4) is 0 Å². The van der Waals surface area contributed by atoms with Gasteiger partial charge in [0.25, 0.3) is 0 Å². The molecule has 1 heteroatoms. The molecule has 1 nitrogen and oxygen atoms in total. The van der Waals surface area contributed by atoms with Crippen molar-refractivity contribution in [2.75, 3.05) is 0 Å². The van der Waals surface area contributed by atoms with Gasteiger partial charge in [0.1, 0.15) is 11.5 Å². The lowest BCUT2D eigenvalue weighted by Gasteiger charge is -1.80. The molecule has 0 spiro atoms. The first-order valence-corrected chi connectivity index (χ1v) is 2.59. The second-order valence-corrected chi connectivity index (χ2v) is 1.94. The van der Waals surface area contributed by atoms with Crippen LogP contribution in [0.4, 0.5) is 0 Å². The number of furan rings is 1. The topological polar surface area (TPSA) is 13.1 Å². The Kier molecular flexibility index (Phi) is 1.12. The number of aryl methyl sites for hydroxylation is 2. The van der Waals surface area contributed by atoms with E-state index in [0.29, 0.717) is 0 Å². The van der Waals surface area contributed by atoms with Crippen LogP contribution in [-0.2, 0) is 0 Å². The smallest absolute Gasteiger partial charge is 0.104 e. The van der Waals surface area contributed by atoms with Crippen LogP contribution in [0, 0.1) is 20.8 Å². The Morgan fingerprint density at radius 3 is 2.25 bits per heavy atom. The Balaban J connectivity index is 3.14.